The van der Waals surface area contributed by atoms with Crippen molar-refractivity contribution in [3.8, 4) is 0 Å². The Balaban J connectivity index is 1.47. The molecule has 122 valence electrons. The molecule has 2 fully saturated rings. The van der Waals surface area contributed by atoms with Crippen molar-refractivity contribution in [1.29, 1.82) is 0 Å². The topological polar surface area (TPSA) is 80.0 Å². The van der Waals surface area contributed by atoms with Gasteiger partial charge in [-0.05, 0) is 26.2 Å². The first-order valence-corrected chi connectivity index (χ1v) is 8.36. The summed E-state index contributed by atoms with van der Waals surface area (Å²) in [4.78, 5) is 25.3. The van der Waals surface area contributed by atoms with Gasteiger partial charge >= 0.3 is 0 Å². The molecule has 0 N–H and O–H groups in total. The molecule has 2 aromatic rings. The van der Waals surface area contributed by atoms with Gasteiger partial charge in [-0.1, -0.05) is 5.21 Å². The molecule has 0 unspecified atom stereocenters. The van der Waals surface area contributed by atoms with Crippen LogP contribution in [0.25, 0.3) is 11.2 Å². The standard InChI is InChI=1S/C15H21N7O/c1-2-22-14-12(18-19-22)13(16-10-17-14)21-8-11(9-21)15(23)20-6-4-3-5-7-20/h10-11H,2-9H2,1H3. The fourth-order valence-corrected chi connectivity index (χ4v) is 3.40. The summed E-state index contributed by atoms with van der Waals surface area (Å²) >= 11 is 0. The van der Waals surface area contributed by atoms with E-state index in [0.29, 0.717) is 19.0 Å². The number of amides is 1. The molecule has 23 heavy (non-hydrogen) atoms. The number of carbonyl (C=O) groups is 1. The first kappa shape index (κ1) is 14.3. The summed E-state index contributed by atoms with van der Waals surface area (Å²) in [6.45, 7) is 5.98. The Morgan fingerprint density at radius 1 is 1.22 bits per heavy atom. The largest absolute Gasteiger partial charge is 0.353 e. The van der Waals surface area contributed by atoms with Crippen LogP contribution in [0.3, 0.4) is 0 Å². The third kappa shape index (κ3) is 2.42. The van der Waals surface area contributed by atoms with Crippen molar-refractivity contribution in [1.82, 2.24) is 29.9 Å². The van der Waals surface area contributed by atoms with Crippen LogP contribution in [0.4, 0.5) is 5.82 Å². The number of carbonyl (C=O) groups excluding carboxylic acids is 1. The van der Waals surface area contributed by atoms with Crippen molar-refractivity contribution in [3.05, 3.63) is 6.33 Å². The van der Waals surface area contributed by atoms with Crippen molar-refractivity contribution in [2.75, 3.05) is 31.1 Å². The highest BCUT2D eigenvalue weighted by Gasteiger charge is 2.37. The van der Waals surface area contributed by atoms with Gasteiger partial charge in [0.25, 0.3) is 0 Å². The Morgan fingerprint density at radius 3 is 2.74 bits per heavy atom. The number of anilines is 1. The van der Waals surface area contributed by atoms with E-state index in [0.717, 1.165) is 49.5 Å². The summed E-state index contributed by atoms with van der Waals surface area (Å²) in [5.41, 5.74) is 1.47. The lowest BCUT2D eigenvalue weighted by molar-refractivity contribution is -0.137. The van der Waals surface area contributed by atoms with Gasteiger partial charge in [0.2, 0.25) is 5.91 Å². The molecular weight excluding hydrogens is 294 g/mol. The zero-order valence-corrected chi connectivity index (χ0v) is 13.4. The van der Waals surface area contributed by atoms with Crippen molar-refractivity contribution < 1.29 is 4.79 Å². The van der Waals surface area contributed by atoms with Crippen LogP contribution in [0.5, 0.6) is 0 Å². The Labute approximate surface area is 134 Å². The number of fused-ring (bicyclic) bond motifs is 1. The van der Waals surface area contributed by atoms with Crippen molar-refractivity contribution in [2.45, 2.75) is 32.7 Å². The number of hydrogen-bond donors (Lipinski definition) is 0. The average Bonchev–Trinajstić information content (AvgIpc) is 2.98. The van der Waals surface area contributed by atoms with Crippen LogP contribution in [0.1, 0.15) is 26.2 Å². The lowest BCUT2D eigenvalue weighted by atomic mass is 9.97. The van der Waals surface area contributed by atoms with Gasteiger partial charge in [-0.2, -0.15) is 0 Å². The number of rotatable bonds is 3. The molecule has 8 heteroatoms. The molecular formula is C15H21N7O. The maximum atomic E-state index is 12.5. The van der Waals surface area contributed by atoms with Gasteiger partial charge in [0.05, 0.1) is 5.92 Å². The highest BCUT2D eigenvalue weighted by Crippen LogP contribution is 2.29. The van der Waals surface area contributed by atoms with E-state index >= 15 is 0 Å². The van der Waals surface area contributed by atoms with Crippen LogP contribution in [0.15, 0.2) is 6.33 Å². The van der Waals surface area contributed by atoms with Crippen LogP contribution >= 0.6 is 0 Å². The van der Waals surface area contributed by atoms with Crippen LogP contribution in [-0.4, -0.2) is 61.9 Å². The molecule has 4 heterocycles. The minimum Gasteiger partial charge on any atom is -0.353 e. The summed E-state index contributed by atoms with van der Waals surface area (Å²) in [7, 11) is 0. The SMILES string of the molecule is CCn1nnc2c(N3CC(C(=O)N4CCCCC4)C3)ncnc21. The monoisotopic (exact) mass is 315 g/mol. The second kappa shape index (κ2) is 5.75. The predicted octanol–water partition coefficient (Wildman–Crippen LogP) is 0.690. The molecule has 0 bridgehead atoms. The third-order valence-corrected chi connectivity index (χ3v) is 4.78. The molecule has 0 aromatic carbocycles. The number of piperidine rings is 1. The highest BCUT2D eigenvalue weighted by atomic mass is 16.2. The lowest BCUT2D eigenvalue weighted by Crippen LogP contribution is -2.55. The van der Waals surface area contributed by atoms with E-state index in [1.807, 2.05) is 11.8 Å². The summed E-state index contributed by atoms with van der Waals surface area (Å²) in [5, 5.41) is 8.31. The minimum absolute atomic E-state index is 0.0827. The van der Waals surface area contributed by atoms with E-state index < -0.39 is 0 Å². The van der Waals surface area contributed by atoms with Gasteiger partial charge in [-0.15, -0.1) is 5.10 Å². The Hall–Kier alpha value is -2.25. The van der Waals surface area contributed by atoms with E-state index in [9.17, 15) is 4.79 Å². The van der Waals surface area contributed by atoms with Crippen LogP contribution in [0.2, 0.25) is 0 Å². The summed E-state index contributed by atoms with van der Waals surface area (Å²) in [6.07, 6.45) is 5.06. The van der Waals surface area contributed by atoms with Gasteiger partial charge in [0.1, 0.15) is 6.33 Å². The predicted molar refractivity (Wildman–Crippen MR) is 84.9 cm³/mol. The molecule has 0 aliphatic carbocycles. The quantitative estimate of drug-likeness (QED) is 0.829. The smallest absolute Gasteiger partial charge is 0.229 e. The Bertz CT molecular complexity index is 716. The highest BCUT2D eigenvalue weighted by molar-refractivity contribution is 5.86. The molecule has 4 rings (SSSR count). The molecule has 2 aliphatic heterocycles. The van der Waals surface area contributed by atoms with Gasteiger partial charge in [0, 0.05) is 32.7 Å². The van der Waals surface area contributed by atoms with Crippen LogP contribution in [-0.2, 0) is 11.3 Å². The summed E-state index contributed by atoms with van der Waals surface area (Å²) in [5.74, 6) is 1.17. The van der Waals surface area contributed by atoms with Crippen LogP contribution < -0.4 is 4.90 Å². The molecule has 0 saturated carbocycles. The zero-order chi connectivity index (χ0) is 15.8. The number of aromatic nitrogens is 5. The fourth-order valence-electron chi connectivity index (χ4n) is 3.40. The second-order valence-electron chi connectivity index (χ2n) is 6.26. The molecule has 1 amide bonds. The molecule has 8 nitrogen and oxygen atoms in total. The van der Waals surface area contributed by atoms with Crippen molar-refractivity contribution in [3.63, 3.8) is 0 Å². The molecule has 2 aromatic heterocycles. The number of nitrogens with zero attached hydrogens (tertiary/aromatic N) is 7. The number of likely N-dealkylation sites (tertiary alicyclic amines) is 1. The van der Waals surface area contributed by atoms with Gasteiger partial charge in [0.15, 0.2) is 17.0 Å². The van der Waals surface area contributed by atoms with E-state index in [2.05, 4.69) is 25.2 Å². The number of hydrogen-bond acceptors (Lipinski definition) is 6. The number of aryl methyl sites for hydroxylation is 1. The minimum atomic E-state index is 0.0827. The van der Waals surface area contributed by atoms with E-state index in [1.165, 1.54) is 6.42 Å². The van der Waals surface area contributed by atoms with E-state index in [-0.39, 0.29) is 5.92 Å². The Morgan fingerprint density at radius 2 is 2.00 bits per heavy atom. The first-order valence-electron chi connectivity index (χ1n) is 8.36. The lowest BCUT2D eigenvalue weighted by Gasteiger charge is -2.41. The molecule has 0 spiro atoms. The van der Waals surface area contributed by atoms with Gasteiger partial charge < -0.3 is 9.80 Å². The van der Waals surface area contributed by atoms with Crippen molar-refractivity contribution >= 4 is 22.9 Å². The second-order valence-corrected chi connectivity index (χ2v) is 6.26. The maximum Gasteiger partial charge on any atom is 0.229 e. The molecule has 0 atom stereocenters. The van der Waals surface area contributed by atoms with Gasteiger partial charge in [-0.3, -0.25) is 4.79 Å². The molecule has 0 radical (unpaired) electrons. The Kier molecular flexibility index (Phi) is 3.59. The molecule has 2 saturated heterocycles. The summed E-state index contributed by atoms with van der Waals surface area (Å²) in [6, 6.07) is 0. The van der Waals surface area contributed by atoms with Crippen LogP contribution in [0, 0.1) is 5.92 Å². The van der Waals surface area contributed by atoms with Gasteiger partial charge in [-0.25, -0.2) is 14.6 Å². The normalized spacial score (nSPS) is 19.2. The van der Waals surface area contributed by atoms with E-state index in [4.69, 9.17) is 0 Å². The fraction of sp³-hybridized carbons (Fsp3) is 0.667. The average molecular weight is 315 g/mol. The van der Waals surface area contributed by atoms with E-state index in [1.54, 1.807) is 11.0 Å². The maximum absolute atomic E-state index is 12.5. The van der Waals surface area contributed by atoms with Crippen molar-refractivity contribution in [2.24, 2.45) is 5.92 Å². The summed E-state index contributed by atoms with van der Waals surface area (Å²) < 4.78 is 1.76. The zero-order valence-electron chi connectivity index (χ0n) is 13.4. The molecule has 2 aliphatic rings. The first-order chi connectivity index (χ1) is 11.3. The third-order valence-electron chi connectivity index (χ3n) is 4.78.